The Morgan fingerprint density at radius 1 is 1.19 bits per heavy atom. The van der Waals surface area contributed by atoms with Crippen molar-refractivity contribution in [2.45, 2.75) is 31.7 Å². The number of rotatable bonds is 7. The molecule has 1 amide bonds. The number of hydrogen-bond acceptors (Lipinski definition) is 7. The molecule has 0 spiro atoms. The molecule has 1 aromatic carbocycles. The summed E-state index contributed by atoms with van der Waals surface area (Å²) in [5.74, 6) is 2.97. The van der Waals surface area contributed by atoms with E-state index < -0.39 is 0 Å². The summed E-state index contributed by atoms with van der Waals surface area (Å²) >= 11 is 0. The second kappa shape index (κ2) is 8.47. The number of carbonyl (C=O) groups excluding carboxylic acids is 1. The predicted octanol–water partition coefficient (Wildman–Crippen LogP) is 3.94. The fourth-order valence-corrected chi connectivity index (χ4v) is 3.98. The molecule has 0 radical (unpaired) electrons. The van der Waals surface area contributed by atoms with Gasteiger partial charge in [0.1, 0.15) is 11.6 Å². The van der Waals surface area contributed by atoms with Crippen LogP contribution in [0.25, 0.3) is 11.4 Å². The second-order valence-electron chi connectivity index (χ2n) is 8.17. The van der Waals surface area contributed by atoms with Gasteiger partial charge in [-0.15, -0.1) is 0 Å². The molecule has 160 valence electrons. The van der Waals surface area contributed by atoms with Gasteiger partial charge < -0.3 is 14.6 Å². The molecule has 31 heavy (non-hydrogen) atoms. The van der Waals surface area contributed by atoms with Gasteiger partial charge in [0.25, 0.3) is 5.91 Å². The minimum atomic E-state index is -0.235. The van der Waals surface area contributed by atoms with Gasteiger partial charge in [0.15, 0.2) is 0 Å². The molecule has 3 aromatic rings. The number of pyridine rings is 1. The summed E-state index contributed by atoms with van der Waals surface area (Å²) in [7, 11) is 1.59. The molecule has 1 aliphatic carbocycles. The Balaban J connectivity index is 1.24. The van der Waals surface area contributed by atoms with Crippen LogP contribution in [0, 0.1) is 5.92 Å². The van der Waals surface area contributed by atoms with E-state index in [0.29, 0.717) is 28.8 Å². The van der Waals surface area contributed by atoms with Crippen molar-refractivity contribution in [2.24, 2.45) is 5.92 Å². The number of hydrogen-bond donors (Lipinski definition) is 1. The Morgan fingerprint density at radius 2 is 2.03 bits per heavy atom. The number of ether oxygens (including phenoxy) is 1. The van der Waals surface area contributed by atoms with Crippen molar-refractivity contribution < 1.29 is 14.1 Å². The van der Waals surface area contributed by atoms with E-state index >= 15 is 0 Å². The van der Waals surface area contributed by atoms with Crippen LogP contribution >= 0.6 is 0 Å². The third-order valence-corrected chi connectivity index (χ3v) is 5.90. The van der Waals surface area contributed by atoms with Crippen LogP contribution < -0.4 is 10.1 Å². The summed E-state index contributed by atoms with van der Waals surface area (Å²) in [6.45, 7) is 2.23. The van der Waals surface area contributed by atoms with Crippen LogP contribution in [0.2, 0.25) is 0 Å². The molecular weight excluding hydrogens is 394 g/mol. The number of likely N-dealkylation sites (tertiary alicyclic amines) is 1. The van der Waals surface area contributed by atoms with Crippen LogP contribution in [-0.2, 0) is 0 Å². The second-order valence-corrected chi connectivity index (χ2v) is 8.17. The zero-order chi connectivity index (χ0) is 21.2. The highest BCUT2D eigenvalue weighted by Gasteiger charge is 2.34. The van der Waals surface area contributed by atoms with E-state index in [0.717, 1.165) is 31.0 Å². The molecule has 8 nitrogen and oxygen atoms in total. The Hall–Kier alpha value is -3.26. The lowest BCUT2D eigenvalue weighted by Crippen LogP contribution is -2.25. The summed E-state index contributed by atoms with van der Waals surface area (Å²) < 4.78 is 10.7. The normalized spacial score (nSPS) is 18.8. The van der Waals surface area contributed by atoms with Gasteiger partial charge in [0, 0.05) is 23.9 Å². The molecule has 0 bridgehead atoms. The fourth-order valence-electron chi connectivity index (χ4n) is 3.98. The predicted molar refractivity (Wildman–Crippen MR) is 115 cm³/mol. The first kappa shape index (κ1) is 19.7. The molecule has 3 heterocycles. The van der Waals surface area contributed by atoms with Crippen LogP contribution in [0.15, 0.2) is 47.1 Å². The van der Waals surface area contributed by atoms with Crippen molar-refractivity contribution in [2.75, 3.05) is 25.5 Å². The van der Waals surface area contributed by atoms with Crippen molar-refractivity contribution in [3.05, 3.63) is 54.0 Å². The summed E-state index contributed by atoms with van der Waals surface area (Å²) in [5.41, 5.74) is 1.28. The topological polar surface area (TPSA) is 93.4 Å². The molecule has 8 heteroatoms. The van der Waals surface area contributed by atoms with Crippen molar-refractivity contribution in [3.63, 3.8) is 0 Å². The van der Waals surface area contributed by atoms with Crippen molar-refractivity contribution in [3.8, 4) is 17.1 Å². The number of anilines is 1. The quantitative estimate of drug-likeness (QED) is 0.620. The average Bonchev–Trinajstić information content (AvgIpc) is 3.28. The zero-order valence-electron chi connectivity index (χ0n) is 17.5. The largest absolute Gasteiger partial charge is 0.497 e. The first-order valence-electron chi connectivity index (χ1n) is 10.7. The molecule has 1 aliphatic heterocycles. The maximum absolute atomic E-state index is 12.4. The van der Waals surface area contributed by atoms with Gasteiger partial charge >= 0.3 is 0 Å². The van der Waals surface area contributed by atoms with Gasteiger partial charge in [-0.2, -0.15) is 4.98 Å². The molecular formula is C23H25N5O3. The van der Waals surface area contributed by atoms with Crippen LogP contribution in [0.4, 0.5) is 5.82 Å². The van der Waals surface area contributed by atoms with Gasteiger partial charge in [-0.3, -0.25) is 9.69 Å². The molecule has 2 aromatic heterocycles. The highest BCUT2D eigenvalue weighted by atomic mass is 16.5. The number of nitrogens with zero attached hydrogens (tertiary/aromatic N) is 4. The first-order chi connectivity index (χ1) is 15.2. The van der Waals surface area contributed by atoms with Crippen molar-refractivity contribution in [1.29, 1.82) is 0 Å². The van der Waals surface area contributed by atoms with Gasteiger partial charge in [-0.1, -0.05) is 5.16 Å². The molecule has 1 atom stereocenters. The molecule has 2 fully saturated rings. The standard InChI is InChI=1S/C23H25N5O3/c1-30-18-9-6-16(7-10-18)22(29)25-20-11-8-17(13-24-20)21-26-23(31-27-21)19-3-2-12-28(19)14-15-4-5-15/h6-11,13,15,19H,2-5,12,14H2,1H3,(H,24,25,29)/t19-/m0/s1. The maximum atomic E-state index is 12.4. The number of methoxy groups -OCH3 is 1. The lowest BCUT2D eigenvalue weighted by atomic mass is 10.2. The molecule has 1 saturated heterocycles. The van der Waals surface area contributed by atoms with E-state index in [1.54, 1.807) is 43.6 Å². The van der Waals surface area contributed by atoms with Crippen molar-refractivity contribution >= 4 is 11.7 Å². The third-order valence-electron chi connectivity index (χ3n) is 5.90. The minimum absolute atomic E-state index is 0.220. The lowest BCUT2D eigenvalue weighted by molar-refractivity contribution is 0.102. The summed E-state index contributed by atoms with van der Waals surface area (Å²) in [5, 5.41) is 6.96. The van der Waals surface area contributed by atoms with Gasteiger partial charge in [-0.05, 0) is 74.5 Å². The Labute approximate surface area is 180 Å². The van der Waals surface area contributed by atoms with E-state index in [4.69, 9.17) is 9.26 Å². The Morgan fingerprint density at radius 3 is 2.74 bits per heavy atom. The number of aromatic nitrogens is 3. The summed E-state index contributed by atoms with van der Waals surface area (Å²) in [6.07, 6.45) is 6.55. The van der Waals surface area contributed by atoms with E-state index in [9.17, 15) is 4.79 Å². The van der Waals surface area contributed by atoms with Crippen molar-refractivity contribution in [1.82, 2.24) is 20.0 Å². The molecule has 1 N–H and O–H groups in total. The highest BCUT2D eigenvalue weighted by Crippen LogP contribution is 2.37. The third kappa shape index (κ3) is 4.44. The number of amides is 1. The minimum Gasteiger partial charge on any atom is -0.497 e. The van der Waals surface area contributed by atoms with Gasteiger partial charge in [-0.25, -0.2) is 4.98 Å². The van der Waals surface area contributed by atoms with E-state index in [2.05, 4.69) is 25.3 Å². The number of carbonyl (C=O) groups is 1. The van der Waals surface area contributed by atoms with Crippen LogP contribution in [0.3, 0.4) is 0 Å². The monoisotopic (exact) mass is 419 g/mol. The Bertz CT molecular complexity index is 1040. The fraction of sp³-hybridized carbons (Fsp3) is 0.391. The number of nitrogens with one attached hydrogen (secondary N) is 1. The summed E-state index contributed by atoms with van der Waals surface area (Å²) in [6, 6.07) is 10.7. The van der Waals surface area contributed by atoms with Gasteiger partial charge in [0.2, 0.25) is 11.7 Å². The molecule has 0 unspecified atom stereocenters. The lowest BCUT2D eigenvalue weighted by Gasteiger charge is -2.20. The van der Waals surface area contributed by atoms with E-state index in [-0.39, 0.29) is 11.9 Å². The molecule has 2 aliphatic rings. The summed E-state index contributed by atoms with van der Waals surface area (Å²) in [4.78, 5) is 23.8. The Kier molecular flexibility index (Phi) is 5.38. The first-order valence-corrected chi connectivity index (χ1v) is 10.7. The van der Waals surface area contributed by atoms with Crippen LogP contribution in [-0.4, -0.2) is 46.1 Å². The van der Waals surface area contributed by atoms with Gasteiger partial charge in [0.05, 0.1) is 13.2 Å². The van der Waals surface area contributed by atoms with E-state index in [1.165, 1.54) is 19.3 Å². The molecule has 1 saturated carbocycles. The smallest absolute Gasteiger partial charge is 0.256 e. The zero-order valence-corrected chi connectivity index (χ0v) is 17.5. The SMILES string of the molecule is COc1ccc(C(=O)Nc2ccc(-c3noc([C@@H]4CCCN4CC4CC4)n3)cn2)cc1. The average molecular weight is 419 g/mol. The maximum Gasteiger partial charge on any atom is 0.256 e. The van der Waals surface area contributed by atoms with Crippen LogP contribution in [0.5, 0.6) is 5.75 Å². The highest BCUT2D eigenvalue weighted by molar-refractivity contribution is 6.03. The van der Waals surface area contributed by atoms with Crippen LogP contribution in [0.1, 0.15) is 48.0 Å². The molecule has 5 rings (SSSR count). The number of benzene rings is 1. The van der Waals surface area contributed by atoms with E-state index in [1.807, 2.05) is 6.07 Å².